The Balaban J connectivity index is 1.41. The van der Waals surface area contributed by atoms with Crippen LogP contribution in [0.15, 0.2) is 53.3 Å². The Bertz CT molecular complexity index is 1170. The number of hydrogen-bond donors (Lipinski definition) is 0. The summed E-state index contributed by atoms with van der Waals surface area (Å²) in [6, 6.07) is 14.8. The molecule has 2 aliphatic heterocycles. The Morgan fingerprint density at radius 1 is 0.875 bits per heavy atom. The number of rotatable bonds is 3. The Morgan fingerprint density at radius 2 is 1.50 bits per heavy atom. The van der Waals surface area contributed by atoms with E-state index in [4.69, 9.17) is 4.74 Å². The molecule has 1 atom stereocenters. The van der Waals surface area contributed by atoms with Gasteiger partial charge in [-0.25, -0.2) is 0 Å². The second-order valence-corrected chi connectivity index (χ2v) is 8.57. The maximum atomic E-state index is 13.4. The van der Waals surface area contributed by atoms with E-state index in [1.807, 2.05) is 62.9 Å². The summed E-state index contributed by atoms with van der Waals surface area (Å²) < 4.78 is 7.29. The van der Waals surface area contributed by atoms with E-state index in [0.29, 0.717) is 50.2 Å². The second kappa shape index (κ2) is 8.74. The highest BCUT2D eigenvalue weighted by Gasteiger charge is 2.32. The third kappa shape index (κ3) is 3.77. The molecular weight excluding hydrogens is 406 g/mol. The van der Waals surface area contributed by atoms with Gasteiger partial charge in [0.1, 0.15) is 6.54 Å². The Labute approximate surface area is 186 Å². The number of carbonyl (C=O) groups excluding carboxylic acids is 2. The van der Waals surface area contributed by atoms with E-state index in [-0.39, 0.29) is 29.7 Å². The van der Waals surface area contributed by atoms with Gasteiger partial charge in [0.2, 0.25) is 11.8 Å². The van der Waals surface area contributed by atoms with E-state index in [1.54, 1.807) is 0 Å². The maximum absolute atomic E-state index is 13.4. The fourth-order valence-corrected chi connectivity index (χ4v) is 4.93. The lowest BCUT2D eigenvalue weighted by Gasteiger charge is -2.36. The van der Waals surface area contributed by atoms with Gasteiger partial charge in [0, 0.05) is 37.0 Å². The number of ether oxygens (including phenoxy) is 1. The van der Waals surface area contributed by atoms with Gasteiger partial charge in [-0.1, -0.05) is 24.3 Å². The standard InChI is InChI=1S/C25H27N3O4/c29-23(27-11-5-6-18(16-27)25(31)26-12-14-32-15-13-26)17-28-21-9-3-1-7-19(21)24(30)20-8-2-4-10-22(20)28/h1-4,7-10,18H,5-6,11-17H2. The lowest BCUT2D eigenvalue weighted by molar-refractivity contribution is -0.144. The quantitative estimate of drug-likeness (QED) is 0.594. The van der Waals surface area contributed by atoms with Crippen molar-refractivity contribution >= 4 is 33.6 Å². The summed E-state index contributed by atoms with van der Waals surface area (Å²) in [7, 11) is 0. The van der Waals surface area contributed by atoms with Crippen molar-refractivity contribution in [3.63, 3.8) is 0 Å². The number of nitrogens with zero attached hydrogens (tertiary/aromatic N) is 3. The minimum absolute atomic E-state index is 0.0194. The van der Waals surface area contributed by atoms with Gasteiger partial charge in [-0.3, -0.25) is 14.4 Å². The van der Waals surface area contributed by atoms with Gasteiger partial charge in [-0.2, -0.15) is 0 Å². The van der Waals surface area contributed by atoms with Gasteiger partial charge in [-0.15, -0.1) is 0 Å². The van der Waals surface area contributed by atoms with Crippen molar-refractivity contribution in [3.8, 4) is 0 Å². The lowest BCUT2D eigenvalue weighted by Crippen LogP contribution is -2.50. The number of likely N-dealkylation sites (tertiary alicyclic amines) is 1. The van der Waals surface area contributed by atoms with E-state index >= 15 is 0 Å². The van der Waals surface area contributed by atoms with Gasteiger partial charge in [-0.05, 0) is 37.1 Å². The third-order valence-corrected chi connectivity index (χ3v) is 6.62. The highest BCUT2D eigenvalue weighted by atomic mass is 16.5. The zero-order valence-corrected chi connectivity index (χ0v) is 18.0. The zero-order valence-electron chi connectivity index (χ0n) is 18.0. The Morgan fingerprint density at radius 3 is 2.16 bits per heavy atom. The van der Waals surface area contributed by atoms with Crippen LogP contribution in [0.25, 0.3) is 21.8 Å². The molecule has 0 aliphatic carbocycles. The fourth-order valence-electron chi connectivity index (χ4n) is 4.93. The number of amides is 2. The van der Waals surface area contributed by atoms with Crippen LogP contribution >= 0.6 is 0 Å². The zero-order chi connectivity index (χ0) is 22.1. The van der Waals surface area contributed by atoms with Crippen LogP contribution in [-0.2, 0) is 20.9 Å². The summed E-state index contributed by atoms with van der Waals surface area (Å²) in [5, 5.41) is 1.22. The number of hydrogen-bond acceptors (Lipinski definition) is 4. The van der Waals surface area contributed by atoms with E-state index in [9.17, 15) is 14.4 Å². The van der Waals surface area contributed by atoms with Crippen molar-refractivity contribution in [1.82, 2.24) is 14.4 Å². The van der Waals surface area contributed by atoms with Crippen LogP contribution in [0.2, 0.25) is 0 Å². The van der Waals surface area contributed by atoms with Gasteiger partial charge in [0.15, 0.2) is 5.43 Å². The molecule has 5 rings (SSSR count). The van der Waals surface area contributed by atoms with Gasteiger partial charge >= 0.3 is 0 Å². The predicted molar refractivity (Wildman–Crippen MR) is 122 cm³/mol. The van der Waals surface area contributed by atoms with E-state index in [2.05, 4.69) is 0 Å². The van der Waals surface area contributed by atoms with Crippen LogP contribution in [0.4, 0.5) is 0 Å². The molecule has 166 valence electrons. The van der Waals surface area contributed by atoms with Gasteiger partial charge < -0.3 is 19.1 Å². The highest BCUT2D eigenvalue weighted by molar-refractivity contribution is 5.95. The van der Waals surface area contributed by atoms with Gasteiger partial charge in [0.05, 0.1) is 30.2 Å². The predicted octanol–water partition coefficient (Wildman–Crippen LogP) is 2.25. The van der Waals surface area contributed by atoms with Crippen molar-refractivity contribution in [2.75, 3.05) is 39.4 Å². The number of carbonyl (C=O) groups is 2. The van der Waals surface area contributed by atoms with E-state index < -0.39 is 0 Å². The molecule has 32 heavy (non-hydrogen) atoms. The van der Waals surface area contributed by atoms with Crippen LogP contribution in [0.5, 0.6) is 0 Å². The molecule has 7 nitrogen and oxygen atoms in total. The molecular formula is C25H27N3O4. The topological polar surface area (TPSA) is 71.9 Å². The first kappa shape index (κ1) is 20.7. The number of pyridine rings is 1. The third-order valence-electron chi connectivity index (χ3n) is 6.62. The second-order valence-electron chi connectivity index (χ2n) is 8.57. The average molecular weight is 434 g/mol. The number of piperidine rings is 1. The monoisotopic (exact) mass is 433 g/mol. The summed E-state index contributed by atoms with van der Waals surface area (Å²) in [4.78, 5) is 42.9. The SMILES string of the molecule is O=C(Cn1c2ccccc2c(=O)c2ccccc21)N1CCCC(C(=O)N2CCOCC2)C1. The van der Waals surface area contributed by atoms with Crippen molar-refractivity contribution in [3.05, 3.63) is 58.8 Å². The Kier molecular flexibility index (Phi) is 5.66. The van der Waals surface area contributed by atoms with Crippen LogP contribution in [0.3, 0.4) is 0 Å². The molecule has 0 N–H and O–H groups in total. The number of aromatic nitrogens is 1. The van der Waals surface area contributed by atoms with Crippen molar-refractivity contribution in [2.45, 2.75) is 19.4 Å². The van der Waals surface area contributed by atoms with Crippen LogP contribution in [-0.4, -0.2) is 65.6 Å². The van der Waals surface area contributed by atoms with Crippen molar-refractivity contribution in [1.29, 1.82) is 0 Å². The highest BCUT2D eigenvalue weighted by Crippen LogP contribution is 2.22. The first-order chi connectivity index (χ1) is 15.6. The molecule has 2 fully saturated rings. The van der Waals surface area contributed by atoms with Crippen LogP contribution < -0.4 is 5.43 Å². The molecule has 7 heteroatoms. The average Bonchev–Trinajstić information content (AvgIpc) is 2.86. The Hall–Kier alpha value is -3.19. The molecule has 0 saturated carbocycles. The molecule has 2 aliphatic rings. The first-order valence-electron chi connectivity index (χ1n) is 11.3. The molecule has 0 radical (unpaired) electrons. The molecule has 3 aromatic rings. The number of benzene rings is 2. The summed E-state index contributed by atoms with van der Waals surface area (Å²) in [5.74, 6) is -0.0539. The molecule has 1 unspecified atom stereocenters. The number of para-hydroxylation sites is 2. The minimum Gasteiger partial charge on any atom is -0.378 e. The lowest BCUT2D eigenvalue weighted by atomic mass is 9.96. The van der Waals surface area contributed by atoms with Crippen molar-refractivity contribution < 1.29 is 14.3 Å². The first-order valence-corrected chi connectivity index (χ1v) is 11.3. The largest absolute Gasteiger partial charge is 0.378 e. The summed E-state index contributed by atoms with van der Waals surface area (Å²) in [6.07, 6.45) is 1.63. The van der Waals surface area contributed by atoms with Crippen molar-refractivity contribution in [2.24, 2.45) is 5.92 Å². The molecule has 0 spiro atoms. The maximum Gasteiger partial charge on any atom is 0.242 e. The molecule has 2 amide bonds. The van der Waals surface area contributed by atoms with E-state index in [1.165, 1.54) is 0 Å². The molecule has 0 bridgehead atoms. The summed E-state index contributed by atoms with van der Waals surface area (Å²) in [6.45, 7) is 3.64. The summed E-state index contributed by atoms with van der Waals surface area (Å²) >= 11 is 0. The fraction of sp³-hybridized carbons (Fsp3) is 0.400. The van der Waals surface area contributed by atoms with E-state index in [0.717, 1.165) is 23.9 Å². The smallest absolute Gasteiger partial charge is 0.242 e. The summed E-state index contributed by atoms with van der Waals surface area (Å²) in [5.41, 5.74) is 1.49. The molecule has 3 heterocycles. The molecule has 2 saturated heterocycles. The normalized spacial score (nSPS) is 19.4. The van der Waals surface area contributed by atoms with Crippen LogP contribution in [0.1, 0.15) is 12.8 Å². The minimum atomic E-state index is -0.159. The molecule has 1 aromatic heterocycles. The number of fused-ring (bicyclic) bond motifs is 2. The van der Waals surface area contributed by atoms with Crippen LogP contribution in [0, 0.1) is 5.92 Å². The molecule has 2 aromatic carbocycles. The number of morpholine rings is 1. The van der Waals surface area contributed by atoms with Gasteiger partial charge in [0.25, 0.3) is 0 Å².